The van der Waals surface area contributed by atoms with E-state index in [0.717, 1.165) is 19.5 Å². The molecule has 0 bridgehead atoms. The van der Waals surface area contributed by atoms with E-state index in [1.807, 2.05) is 11.3 Å². The molecule has 3 heteroatoms. The van der Waals surface area contributed by atoms with Crippen molar-refractivity contribution in [3.8, 4) is 0 Å². The normalized spacial score (nSPS) is 10.8. The number of thiazole rings is 1. The van der Waals surface area contributed by atoms with Gasteiger partial charge in [-0.2, -0.15) is 0 Å². The van der Waals surface area contributed by atoms with Crippen molar-refractivity contribution in [2.24, 2.45) is 0 Å². The Morgan fingerprint density at radius 2 is 2.07 bits per heavy atom. The first-order valence-corrected chi connectivity index (χ1v) is 6.25. The Morgan fingerprint density at radius 1 is 1.29 bits per heavy atom. The van der Waals surface area contributed by atoms with Crippen molar-refractivity contribution in [3.63, 3.8) is 0 Å². The summed E-state index contributed by atoms with van der Waals surface area (Å²) in [5.74, 6) is 0. The van der Waals surface area contributed by atoms with Crippen LogP contribution in [-0.2, 0) is 13.0 Å². The summed E-state index contributed by atoms with van der Waals surface area (Å²) in [6.45, 7) is 8.58. The molecule has 0 spiro atoms. The average molecular weight is 212 g/mol. The molecular weight excluding hydrogens is 192 g/mol. The minimum absolute atomic E-state index is 0.987. The van der Waals surface area contributed by atoms with E-state index in [1.165, 1.54) is 28.4 Å². The SMILES string of the molecule is CCCNCc1sc(CCC)nc1C. The smallest absolute Gasteiger partial charge is 0.0931 e. The first-order valence-electron chi connectivity index (χ1n) is 5.43. The zero-order chi connectivity index (χ0) is 10.4. The van der Waals surface area contributed by atoms with Gasteiger partial charge < -0.3 is 5.32 Å². The van der Waals surface area contributed by atoms with Gasteiger partial charge in [0.25, 0.3) is 0 Å². The van der Waals surface area contributed by atoms with Crippen LogP contribution in [0.2, 0.25) is 0 Å². The summed E-state index contributed by atoms with van der Waals surface area (Å²) in [4.78, 5) is 5.96. The average Bonchev–Trinajstić information content (AvgIpc) is 2.48. The highest BCUT2D eigenvalue weighted by Crippen LogP contribution is 2.18. The van der Waals surface area contributed by atoms with Crippen molar-refractivity contribution in [2.75, 3.05) is 6.54 Å². The van der Waals surface area contributed by atoms with E-state index >= 15 is 0 Å². The molecule has 1 N–H and O–H groups in total. The summed E-state index contributed by atoms with van der Waals surface area (Å²) >= 11 is 1.86. The fraction of sp³-hybridized carbons (Fsp3) is 0.727. The minimum Gasteiger partial charge on any atom is -0.312 e. The van der Waals surface area contributed by atoms with Crippen molar-refractivity contribution >= 4 is 11.3 Å². The maximum absolute atomic E-state index is 4.56. The Kier molecular flexibility index (Phi) is 5.12. The highest BCUT2D eigenvalue weighted by molar-refractivity contribution is 7.11. The molecule has 1 heterocycles. The lowest BCUT2D eigenvalue weighted by Gasteiger charge is -1.99. The number of aryl methyl sites for hydroxylation is 2. The number of hydrogen-bond donors (Lipinski definition) is 1. The Labute approximate surface area is 90.8 Å². The number of rotatable bonds is 6. The first kappa shape index (κ1) is 11.7. The van der Waals surface area contributed by atoms with Crippen LogP contribution in [-0.4, -0.2) is 11.5 Å². The number of hydrogen-bond acceptors (Lipinski definition) is 3. The van der Waals surface area contributed by atoms with Crippen LogP contribution in [0.3, 0.4) is 0 Å². The minimum atomic E-state index is 0.987. The first-order chi connectivity index (χ1) is 6.77. The lowest BCUT2D eigenvalue weighted by molar-refractivity contribution is 0.678. The molecule has 0 saturated carbocycles. The van der Waals surface area contributed by atoms with Gasteiger partial charge in [0.15, 0.2) is 0 Å². The van der Waals surface area contributed by atoms with Crippen molar-refractivity contribution in [3.05, 3.63) is 15.6 Å². The van der Waals surface area contributed by atoms with E-state index in [0.29, 0.717) is 0 Å². The molecule has 0 saturated heterocycles. The predicted octanol–water partition coefficient (Wildman–Crippen LogP) is 2.90. The maximum atomic E-state index is 4.56. The van der Waals surface area contributed by atoms with Gasteiger partial charge in [-0.1, -0.05) is 13.8 Å². The van der Waals surface area contributed by atoms with Gasteiger partial charge in [0.05, 0.1) is 10.7 Å². The van der Waals surface area contributed by atoms with Crippen LogP contribution in [0.1, 0.15) is 42.3 Å². The molecule has 0 aromatic carbocycles. The molecule has 1 rings (SSSR count). The zero-order valence-corrected chi connectivity index (χ0v) is 10.2. The molecule has 0 fully saturated rings. The molecule has 0 aliphatic carbocycles. The van der Waals surface area contributed by atoms with Crippen molar-refractivity contribution in [1.29, 1.82) is 0 Å². The summed E-state index contributed by atoms with van der Waals surface area (Å²) in [5.41, 5.74) is 1.21. The van der Waals surface area contributed by atoms with Crippen molar-refractivity contribution < 1.29 is 0 Å². The van der Waals surface area contributed by atoms with Gasteiger partial charge in [0, 0.05) is 11.4 Å². The Hall–Kier alpha value is -0.410. The second-order valence-corrected chi connectivity index (χ2v) is 4.71. The van der Waals surface area contributed by atoms with Crippen LogP contribution in [0.15, 0.2) is 0 Å². The third-order valence-corrected chi connectivity index (χ3v) is 3.33. The van der Waals surface area contributed by atoms with Crippen molar-refractivity contribution in [2.45, 2.75) is 46.6 Å². The molecule has 0 radical (unpaired) electrons. The molecule has 14 heavy (non-hydrogen) atoms. The molecule has 1 aromatic rings. The van der Waals surface area contributed by atoms with Crippen LogP contribution in [0.4, 0.5) is 0 Å². The Bertz CT molecular complexity index is 268. The van der Waals surface area contributed by atoms with Gasteiger partial charge in [-0.3, -0.25) is 0 Å². The fourth-order valence-corrected chi connectivity index (χ4v) is 2.49. The molecule has 0 unspecified atom stereocenters. The second kappa shape index (κ2) is 6.14. The fourth-order valence-electron chi connectivity index (χ4n) is 1.35. The highest BCUT2D eigenvalue weighted by Gasteiger charge is 2.05. The summed E-state index contributed by atoms with van der Waals surface area (Å²) in [7, 11) is 0. The monoisotopic (exact) mass is 212 g/mol. The summed E-state index contributed by atoms with van der Waals surface area (Å²) in [5, 5.41) is 4.71. The lowest BCUT2D eigenvalue weighted by atomic mass is 10.3. The maximum Gasteiger partial charge on any atom is 0.0931 e. The van der Waals surface area contributed by atoms with E-state index in [4.69, 9.17) is 0 Å². The lowest BCUT2D eigenvalue weighted by Crippen LogP contribution is -2.13. The zero-order valence-electron chi connectivity index (χ0n) is 9.39. The standard InChI is InChI=1S/C11H20N2S/c1-4-6-11-13-9(3)10(14-11)8-12-7-5-2/h12H,4-8H2,1-3H3. The number of nitrogens with one attached hydrogen (secondary N) is 1. The van der Waals surface area contributed by atoms with Gasteiger partial charge >= 0.3 is 0 Å². The largest absolute Gasteiger partial charge is 0.312 e. The van der Waals surface area contributed by atoms with Crippen LogP contribution < -0.4 is 5.32 Å². The Morgan fingerprint density at radius 3 is 2.71 bits per heavy atom. The predicted molar refractivity (Wildman–Crippen MR) is 62.8 cm³/mol. The van der Waals surface area contributed by atoms with Gasteiger partial charge in [0.1, 0.15) is 0 Å². The summed E-state index contributed by atoms with van der Waals surface area (Å²) < 4.78 is 0. The second-order valence-electron chi connectivity index (χ2n) is 3.54. The van der Waals surface area contributed by atoms with E-state index in [9.17, 15) is 0 Å². The third kappa shape index (κ3) is 3.39. The number of nitrogens with zero attached hydrogens (tertiary/aromatic N) is 1. The molecule has 2 nitrogen and oxygen atoms in total. The van der Waals surface area contributed by atoms with E-state index in [2.05, 4.69) is 31.1 Å². The Balaban J connectivity index is 2.49. The van der Waals surface area contributed by atoms with E-state index < -0.39 is 0 Å². The molecule has 0 amide bonds. The topological polar surface area (TPSA) is 24.9 Å². The van der Waals surface area contributed by atoms with Crippen molar-refractivity contribution in [1.82, 2.24) is 10.3 Å². The summed E-state index contributed by atoms with van der Waals surface area (Å²) in [6.07, 6.45) is 3.51. The van der Waals surface area contributed by atoms with Crippen LogP contribution in [0.25, 0.3) is 0 Å². The molecule has 1 aromatic heterocycles. The summed E-state index contributed by atoms with van der Waals surface area (Å²) in [6, 6.07) is 0. The van der Waals surface area contributed by atoms with Gasteiger partial charge in [0.2, 0.25) is 0 Å². The quantitative estimate of drug-likeness (QED) is 0.733. The van der Waals surface area contributed by atoms with E-state index in [-0.39, 0.29) is 0 Å². The highest BCUT2D eigenvalue weighted by atomic mass is 32.1. The molecule has 0 aliphatic heterocycles. The third-order valence-electron chi connectivity index (χ3n) is 2.11. The van der Waals surface area contributed by atoms with Gasteiger partial charge in [-0.25, -0.2) is 4.98 Å². The molecule has 80 valence electrons. The molecular formula is C11H20N2S. The van der Waals surface area contributed by atoms with Gasteiger partial charge in [-0.05, 0) is 32.7 Å². The molecule has 0 atom stereocenters. The molecule has 0 aliphatic rings. The van der Waals surface area contributed by atoms with E-state index in [1.54, 1.807) is 0 Å². The van der Waals surface area contributed by atoms with Crippen LogP contribution in [0, 0.1) is 6.92 Å². The van der Waals surface area contributed by atoms with Crippen LogP contribution in [0.5, 0.6) is 0 Å². The number of aromatic nitrogens is 1. The van der Waals surface area contributed by atoms with Gasteiger partial charge in [-0.15, -0.1) is 11.3 Å². The van der Waals surface area contributed by atoms with Crippen LogP contribution >= 0.6 is 11.3 Å².